The van der Waals surface area contributed by atoms with Crippen LogP contribution < -0.4 is 4.90 Å². The molecule has 0 radical (unpaired) electrons. The van der Waals surface area contributed by atoms with Crippen molar-refractivity contribution >= 4 is 17.7 Å². The highest BCUT2D eigenvalue weighted by atomic mass is 16.4. The van der Waals surface area contributed by atoms with Gasteiger partial charge in [0.15, 0.2) is 5.82 Å². The largest absolute Gasteiger partial charge is 0.478 e. The van der Waals surface area contributed by atoms with E-state index in [9.17, 15) is 19.8 Å². The molecule has 0 fully saturated rings. The maximum Gasteiger partial charge on any atom is 0.336 e. The standard InChI is InChI=1S/C27H24N4O4/c1-16(2)30-11-10-28-25(30)23-4-3-5-24(29-23)31-14-19-8-6-17(12-21(19)26(31)33)18-7-9-20(15-32)22(13-18)27(34)35/h3-13,16,32H,14-15H2,1-2H3,(H,34,35). The number of aromatic nitrogens is 3. The molecule has 0 saturated carbocycles. The number of fused-ring (bicyclic) bond motifs is 1. The number of imidazole rings is 1. The van der Waals surface area contributed by atoms with Crippen LogP contribution in [0.5, 0.6) is 0 Å². The predicted molar refractivity (Wildman–Crippen MR) is 131 cm³/mol. The number of rotatable bonds is 6. The lowest BCUT2D eigenvalue weighted by molar-refractivity contribution is 0.0693. The third-order valence-electron chi connectivity index (χ3n) is 6.22. The Morgan fingerprint density at radius 3 is 2.60 bits per heavy atom. The number of aromatic carboxylic acids is 1. The zero-order valence-electron chi connectivity index (χ0n) is 19.3. The second kappa shape index (κ2) is 8.81. The zero-order valence-corrected chi connectivity index (χ0v) is 19.3. The maximum absolute atomic E-state index is 13.4. The molecule has 3 heterocycles. The van der Waals surface area contributed by atoms with E-state index in [-0.39, 0.29) is 24.1 Å². The highest BCUT2D eigenvalue weighted by Gasteiger charge is 2.30. The normalized spacial score (nSPS) is 12.9. The molecular formula is C27H24N4O4. The number of aliphatic hydroxyl groups is 1. The molecule has 176 valence electrons. The lowest BCUT2D eigenvalue weighted by atomic mass is 9.97. The second-order valence-electron chi connectivity index (χ2n) is 8.73. The number of aliphatic hydroxyl groups excluding tert-OH is 1. The van der Waals surface area contributed by atoms with Crippen molar-refractivity contribution < 1.29 is 19.8 Å². The summed E-state index contributed by atoms with van der Waals surface area (Å²) in [7, 11) is 0. The fourth-order valence-electron chi connectivity index (χ4n) is 4.38. The van der Waals surface area contributed by atoms with E-state index in [2.05, 4.69) is 18.8 Å². The highest BCUT2D eigenvalue weighted by molar-refractivity contribution is 6.10. The molecule has 0 atom stereocenters. The molecule has 1 aliphatic rings. The summed E-state index contributed by atoms with van der Waals surface area (Å²) in [5.74, 6) is 0.0189. The highest BCUT2D eigenvalue weighted by Crippen LogP contribution is 2.32. The molecular weight excluding hydrogens is 444 g/mol. The molecule has 0 aliphatic carbocycles. The van der Waals surface area contributed by atoms with Crippen LogP contribution in [0.25, 0.3) is 22.6 Å². The number of carbonyl (C=O) groups is 2. The number of hydrogen-bond donors (Lipinski definition) is 2. The number of hydrogen-bond acceptors (Lipinski definition) is 5. The van der Waals surface area contributed by atoms with Gasteiger partial charge >= 0.3 is 5.97 Å². The fourth-order valence-corrected chi connectivity index (χ4v) is 4.38. The Morgan fingerprint density at radius 1 is 1.09 bits per heavy atom. The smallest absolute Gasteiger partial charge is 0.336 e. The minimum atomic E-state index is -1.11. The van der Waals surface area contributed by atoms with Crippen LogP contribution in [0.4, 0.5) is 5.82 Å². The molecule has 2 aromatic carbocycles. The summed E-state index contributed by atoms with van der Waals surface area (Å²) >= 11 is 0. The van der Waals surface area contributed by atoms with E-state index in [0.29, 0.717) is 34.7 Å². The first-order valence-electron chi connectivity index (χ1n) is 11.3. The third-order valence-corrected chi connectivity index (χ3v) is 6.22. The summed E-state index contributed by atoms with van der Waals surface area (Å²) in [5, 5.41) is 18.9. The van der Waals surface area contributed by atoms with Gasteiger partial charge in [0.2, 0.25) is 0 Å². The van der Waals surface area contributed by atoms with Gasteiger partial charge in [-0.3, -0.25) is 9.69 Å². The van der Waals surface area contributed by atoms with Crippen LogP contribution in [0.15, 0.2) is 67.0 Å². The Kier molecular flexibility index (Phi) is 5.66. The number of pyridine rings is 1. The molecule has 35 heavy (non-hydrogen) atoms. The number of carboxylic acids is 1. The summed E-state index contributed by atoms with van der Waals surface area (Å²) in [4.78, 5) is 35.8. The van der Waals surface area contributed by atoms with Crippen molar-refractivity contribution in [2.24, 2.45) is 0 Å². The van der Waals surface area contributed by atoms with E-state index < -0.39 is 5.97 Å². The minimum Gasteiger partial charge on any atom is -0.478 e. The van der Waals surface area contributed by atoms with Crippen molar-refractivity contribution in [3.8, 4) is 22.6 Å². The summed E-state index contributed by atoms with van der Waals surface area (Å²) in [5.41, 5.74) is 3.89. The zero-order chi connectivity index (χ0) is 24.7. The summed E-state index contributed by atoms with van der Waals surface area (Å²) in [6.07, 6.45) is 3.65. The van der Waals surface area contributed by atoms with E-state index in [1.165, 1.54) is 6.07 Å². The molecule has 0 saturated heterocycles. The van der Waals surface area contributed by atoms with E-state index in [1.54, 1.807) is 29.3 Å². The molecule has 5 rings (SSSR count). The van der Waals surface area contributed by atoms with Gasteiger partial charge in [-0.25, -0.2) is 14.8 Å². The minimum absolute atomic E-state index is 0.0409. The van der Waals surface area contributed by atoms with Gasteiger partial charge in [0, 0.05) is 24.0 Å². The van der Waals surface area contributed by atoms with Crippen molar-refractivity contribution in [1.82, 2.24) is 14.5 Å². The quantitative estimate of drug-likeness (QED) is 0.430. The SMILES string of the molecule is CC(C)n1ccnc1-c1cccc(N2Cc3ccc(-c4ccc(CO)c(C(=O)O)c4)cc3C2=O)n1. The molecule has 8 nitrogen and oxygen atoms in total. The first-order chi connectivity index (χ1) is 16.9. The summed E-state index contributed by atoms with van der Waals surface area (Å²) < 4.78 is 2.03. The van der Waals surface area contributed by atoms with E-state index in [4.69, 9.17) is 4.98 Å². The van der Waals surface area contributed by atoms with Crippen molar-refractivity contribution in [1.29, 1.82) is 0 Å². The summed E-state index contributed by atoms with van der Waals surface area (Å²) in [6.45, 7) is 4.18. The predicted octanol–water partition coefficient (Wildman–Crippen LogP) is 4.54. The van der Waals surface area contributed by atoms with Crippen LogP contribution in [0.2, 0.25) is 0 Å². The molecule has 2 N–H and O–H groups in total. The lowest BCUT2D eigenvalue weighted by Crippen LogP contribution is -2.24. The van der Waals surface area contributed by atoms with Gasteiger partial charge in [-0.2, -0.15) is 0 Å². The lowest BCUT2D eigenvalue weighted by Gasteiger charge is -2.16. The van der Waals surface area contributed by atoms with Gasteiger partial charge in [-0.05, 0) is 60.4 Å². The van der Waals surface area contributed by atoms with Crippen molar-refractivity contribution in [3.05, 3.63) is 89.2 Å². The Bertz CT molecular complexity index is 1460. The van der Waals surface area contributed by atoms with Gasteiger partial charge in [0.1, 0.15) is 11.5 Å². The van der Waals surface area contributed by atoms with Gasteiger partial charge in [0.25, 0.3) is 5.91 Å². The fraction of sp³-hybridized carbons (Fsp3) is 0.185. The van der Waals surface area contributed by atoms with Crippen molar-refractivity contribution in [2.45, 2.75) is 33.0 Å². The van der Waals surface area contributed by atoms with Crippen LogP contribution in [0.1, 0.15) is 51.7 Å². The van der Waals surface area contributed by atoms with Gasteiger partial charge in [-0.15, -0.1) is 0 Å². The van der Waals surface area contributed by atoms with Gasteiger partial charge in [0.05, 0.1) is 18.7 Å². The second-order valence-corrected chi connectivity index (χ2v) is 8.73. The Balaban J connectivity index is 1.47. The number of anilines is 1. The molecule has 2 aromatic heterocycles. The molecule has 4 aromatic rings. The van der Waals surface area contributed by atoms with E-state index in [0.717, 1.165) is 17.0 Å². The molecule has 0 unspecified atom stereocenters. The first-order valence-corrected chi connectivity index (χ1v) is 11.3. The number of carbonyl (C=O) groups excluding carboxylic acids is 1. The first kappa shape index (κ1) is 22.5. The molecule has 0 spiro atoms. The average molecular weight is 469 g/mol. The Morgan fingerprint density at radius 2 is 1.86 bits per heavy atom. The average Bonchev–Trinajstić information content (AvgIpc) is 3.49. The number of nitrogens with zero attached hydrogens (tertiary/aromatic N) is 4. The van der Waals surface area contributed by atoms with Crippen LogP contribution in [-0.2, 0) is 13.2 Å². The molecule has 0 bridgehead atoms. The molecule has 1 aliphatic heterocycles. The molecule has 8 heteroatoms. The van der Waals surface area contributed by atoms with Gasteiger partial charge < -0.3 is 14.8 Å². The Labute approximate surface area is 202 Å². The van der Waals surface area contributed by atoms with Crippen LogP contribution in [0, 0.1) is 0 Å². The van der Waals surface area contributed by atoms with E-state index >= 15 is 0 Å². The topological polar surface area (TPSA) is 109 Å². The number of benzene rings is 2. The van der Waals surface area contributed by atoms with Crippen LogP contribution in [-0.4, -0.2) is 36.6 Å². The van der Waals surface area contributed by atoms with Crippen molar-refractivity contribution in [2.75, 3.05) is 4.90 Å². The van der Waals surface area contributed by atoms with Gasteiger partial charge in [-0.1, -0.05) is 30.3 Å². The van der Waals surface area contributed by atoms with Crippen LogP contribution >= 0.6 is 0 Å². The maximum atomic E-state index is 13.4. The van der Waals surface area contributed by atoms with Crippen LogP contribution in [0.3, 0.4) is 0 Å². The van der Waals surface area contributed by atoms with Crippen molar-refractivity contribution in [3.63, 3.8) is 0 Å². The Hall–Kier alpha value is -4.30. The third kappa shape index (κ3) is 3.98. The number of amides is 1. The monoisotopic (exact) mass is 468 g/mol. The number of carboxylic acid groups (broad SMARTS) is 1. The van der Waals surface area contributed by atoms with E-state index in [1.807, 2.05) is 41.1 Å². The molecule has 1 amide bonds. The summed E-state index contributed by atoms with van der Waals surface area (Å²) in [6, 6.07) is 16.2.